The summed E-state index contributed by atoms with van der Waals surface area (Å²) in [4.78, 5) is 19.3. The molecule has 0 atom stereocenters. The van der Waals surface area contributed by atoms with E-state index in [0.717, 1.165) is 43.0 Å². The summed E-state index contributed by atoms with van der Waals surface area (Å²) in [5, 5.41) is 7.07. The molecule has 6 nitrogen and oxygen atoms in total. The van der Waals surface area contributed by atoms with Gasteiger partial charge in [-0.15, -0.1) is 0 Å². The maximum atomic E-state index is 13.0. The van der Waals surface area contributed by atoms with E-state index in [4.69, 9.17) is 0 Å². The number of carbonyl (C=O) groups is 1. The fourth-order valence-corrected chi connectivity index (χ4v) is 3.55. The third kappa shape index (κ3) is 2.95. The highest BCUT2D eigenvalue weighted by molar-refractivity contribution is 5.99. The second-order valence-corrected chi connectivity index (χ2v) is 6.49. The van der Waals surface area contributed by atoms with Gasteiger partial charge in [0, 0.05) is 44.0 Å². The molecule has 0 aliphatic carbocycles. The van der Waals surface area contributed by atoms with Crippen molar-refractivity contribution in [2.75, 3.05) is 13.1 Å². The Morgan fingerprint density at radius 2 is 1.96 bits per heavy atom. The summed E-state index contributed by atoms with van der Waals surface area (Å²) in [7, 11) is 2.03. The third-order valence-corrected chi connectivity index (χ3v) is 4.94. The number of H-pyrrole nitrogens is 1. The number of nitrogens with zero attached hydrogens (tertiary/aromatic N) is 4. The Kier molecular flexibility index (Phi) is 4.09. The molecule has 1 N–H and O–H groups in total. The van der Waals surface area contributed by atoms with E-state index in [1.165, 1.54) is 0 Å². The zero-order valence-electron chi connectivity index (χ0n) is 14.2. The zero-order valence-corrected chi connectivity index (χ0v) is 14.2. The highest BCUT2D eigenvalue weighted by Gasteiger charge is 2.28. The molecule has 2 aromatic heterocycles. The van der Waals surface area contributed by atoms with E-state index in [0.29, 0.717) is 11.5 Å². The van der Waals surface area contributed by atoms with Crippen LogP contribution in [0, 0.1) is 0 Å². The predicted molar refractivity (Wildman–Crippen MR) is 95.1 cm³/mol. The normalized spacial score (nSPS) is 15.5. The molecule has 6 heteroatoms. The highest BCUT2D eigenvalue weighted by Crippen LogP contribution is 2.28. The Hall–Kier alpha value is -2.89. The van der Waals surface area contributed by atoms with Crippen molar-refractivity contribution in [1.29, 1.82) is 0 Å². The quantitative estimate of drug-likeness (QED) is 0.800. The topological polar surface area (TPSA) is 66.8 Å². The Balaban J connectivity index is 1.49. The molecule has 3 heterocycles. The molecule has 0 unspecified atom stereocenters. The molecular formula is C19H21N5O. The summed E-state index contributed by atoms with van der Waals surface area (Å²) in [5.41, 5.74) is 2.41. The molecule has 1 aliphatic rings. The lowest BCUT2D eigenvalue weighted by Gasteiger charge is -2.31. The molecule has 0 bridgehead atoms. The van der Waals surface area contributed by atoms with Crippen LogP contribution in [-0.4, -0.2) is 43.6 Å². The Morgan fingerprint density at radius 1 is 1.20 bits per heavy atom. The van der Waals surface area contributed by atoms with Gasteiger partial charge < -0.3 is 9.47 Å². The largest absolute Gasteiger partial charge is 0.338 e. The SMILES string of the molecule is Cn1ccnc1C1CCN(C(=O)c2cn[nH]c2-c2ccccc2)CC1. The van der Waals surface area contributed by atoms with Crippen molar-refractivity contribution in [3.63, 3.8) is 0 Å². The molecule has 0 saturated carbocycles. The number of piperidine rings is 1. The number of amides is 1. The second-order valence-electron chi connectivity index (χ2n) is 6.49. The molecule has 1 aromatic carbocycles. The van der Waals surface area contributed by atoms with E-state index in [9.17, 15) is 4.79 Å². The van der Waals surface area contributed by atoms with Gasteiger partial charge in [0.15, 0.2) is 0 Å². The van der Waals surface area contributed by atoms with Gasteiger partial charge in [-0.05, 0) is 12.8 Å². The number of aryl methyl sites for hydroxylation is 1. The van der Waals surface area contributed by atoms with Crippen LogP contribution in [0.2, 0.25) is 0 Å². The number of nitrogens with one attached hydrogen (secondary N) is 1. The standard InChI is InChI=1S/C19H21N5O/c1-23-12-9-20-18(23)15-7-10-24(11-8-15)19(25)16-13-21-22-17(16)14-5-3-2-4-6-14/h2-6,9,12-13,15H,7-8,10-11H2,1H3,(H,21,22). The molecule has 1 amide bonds. The lowest BCUT2D eigenvalue weighted by atomic mass is 9.95. The summed E-state index contributed by atoms with van der Waals surface area (Å²) >= 11 is 0. The zero-order chi connectivity index (χ0) is 17.2. The number of aromatic nitrogens is 4. The molecule has 1 fully saturated rings. The number of imidazole rings is 1. The summed E-state index contributed by atoms with van der Waals surface area (Å²) in [6.45, 7) is 1.49. The van der Waals surface area contributed by atoms with Crippen molar-refractivity contribution in [1.82, 2.24) is 24.6 Å². The Bertz CT molecular complexity index is 859. The van der Waals surface area contributed by atoms with Crippen molar-refractivity contribution in [2.24, 2.45) is 7.05 Å². The molecule has 128 valence electrons. The Labute approximate surface area is 146 Å². The van der Waals surface area contributed by atoms with Crippen LogP contribution in [0.1, 0.15) is 34.9 Å². The number of aromatic amines is 1. The minimum absolute atomic E-state index is 0.0471. The number of likely N-dealkylation sites (tertiary alicyclic amines) is 1. The average Bonchev–Trinajstić information content (AvgIpc) is 3.31. The van der Waals surface area contributed by atoms with Gasteiger partial charge in [-0.1, -0.05) is 30.3 Å². The fourth-order valence-electron chi connectivity index (χ4n) is 3.55. The summed E-state index contributed by atoms with van der Waals surface area (Å²) in [6.07, 6.45) is 7.33. The molecule has 0 radical (unpaired) electrons. The lowest BCUT2D eigenvalue weighted by Crippen LogP contribution is -2.38. The smallest absolute Gasteiger partial charge is 0.257 e. The van der Waals surface area contributed by atoms with E-state index in [2.05, 4.69) is 19.7 Å². The number of hydrogen-bond acceptors (Lipinski definition) is 3. The first-order valence-corrected chi connectivity index (χ1v) is 8.59. The molecule has 4 rings (SSSR count). The monoisotopic (exact) mass is 335 g/mol. The maximum absolute atomic E-state index is 13.0. The van der Waals surface area contributed by atoms with E-state index < -0.39 is 0 Å². The minimum atomic E-state index is 0.0471. The van der Waals surface area contributed by atoms with Crippen LogP contribution in [0.3, 0.4) is 0 Å². The van der Waals surface area contributed by atoms with E-state index in [1.54, 1.807) is 6.20 Å². The minimum Gasteiger partial charge on any atom is -0.338 e. The van der Waals surface area contributed by atoms with Gasteiger partial charge in [-0.3, -0.25) is 9.89 Å². The number of rotatable bonds is 3. The van der Waals surface area contributed by atoms with Gasteiger partial charge in [0.2, 0.25) is 0 Å². The van der Waals surface area contributed by atoms with Gasteiger partial charge in [-0.2, -0.15) is 5.10 Å². The molecule has 3 aromatic rings. The molecular weight excluding hydrogens is 314 g/mol. The van der Waals surface area contributed by atoms with E-state index in [-0.39, 0.29) is 5.91 Å². The van der Waals surface area contributed by atoms with Crippen molar-refractivity contribution >= 4 is 5.91 Å². The van der Waals surface area contributed by atoms with Crippen LogP contribution in [0.5, 0.6) is 0 Å². The van der Waals surface area contributed by atoms with Crippen molar-refractivity contribution in [3.05, 3.63) is 60.3 Å². The first-order chi connectivity index (χ1) is 12.2. The second kappa shape index (κ2) is 6.55. The van der Waals surface area contributed by atoms with Crippen LogP contribution in [-0.2, 0) is 7.05 Å². The summed E-state index contributed by atoms with van der Waals surface area (Å²) < 4.78 is 2.08. The first kappa shape index (κ1) is 15.6. The highest BCUT2D eigenvalue weighted by atomic mass is 16.2. The van der Waals surface area contributed by atoms with Crippen molar-refractivity contribution < 1.29 is 4.79 Å². The summed E-state index contributed by atoms with van der Waals surface area (Å²) in [6, 6.07) is 9.85. The third-order valence-electron chi connectivity index (χ3n) is 4.94. The average molecular weight is 335 g/mol. The van der Waals surface area contributed by atoms with Crippen LogP contribution < -0.4 is 0 Å². The van der Waals surface area contributed by atoms with Crippen molar-refractivity contribution in [3.8, 4) is 11.3 Å². The maximum Gasteiger partial charge on any atom is 0.257 e. The molecule has 1 aliphatic heterocycles. The fraction of sp³-hybridized carbons (Fsp3) is 0.316. The van der Waals surface area contributed by atoms with Gasteiger partial charge >= 0.3 is 0 Å². The molecule has 1 saturated heterocycles. The number of hydrogen-bond donors (Lipinski definition) is 1. The van der Waals surface area contributed by atoms with E-state index in [1.807, 2.05) is 54.7 Å². The molecule has 25 heavy (non-hydrogen) atoms. The van der Waals surface area contributed by atoms with Crippen LogP contribution in [0.4, 0.5) is 0 Å². The van der Waals surface area contributed by atoms with Crippen LogP contribution >= 0.6 is 0 Å². The summed E-state index contributed by atoms with van der Waals surface area (Å²) in [5.74, 6) is 1.58. The molecule has 0 spiro atoms. The van der Waals surface area contributed by atoms with Crippen LogP contribution in [0.25, 0.3) is 11.3 Å². The predicted octanol–water partition coefficient (Wildman–Crippen LogP) is 2.83. The van der Waals surface area contributed by atoms with Crippen LogP contribution in [0.15, 0.2) is 48.9 Å². The van der Waals surface area contributed by atoms with Gasteiger partial charge in [0.25, 0.3) is 5.91 Å². The van der Waals surface area contributed by atoms with Crippen molar-refractivity contribution in [2.45, 2.75) is 18.8 Å². The van der Waals surface area contributed by atoms with Gasteiger partial charge in [-0.25, -0.2) is 4.98 Å². The number of carbonyl (C=O) groups excluding carboxylic acids is 1. The number of benzene rings is 1. The lowest BCUT2D eigenvalue weighted by molar-refractivity contribution is 0.0711. The first-order valence-electron chi connectivity index (χ1n) is 8.59. The van der Waals surface area contributed by atoms with Gasteiger partial charge in [0.05, 0.1) is 17.5 Å². The van der Waals surface area contributed by atoms with Gasteiger partial charge in [0.1, 0.15) is 5.82 Å². The van der Waals surface area contributed by atoms with E-state index >= 15 is 0 Å². The Morgan fingerprint density at radius 3 is 2.64 bits per heavy atom.